The van der Waals surface area contributed by atoms with Crippen molar-refractivity contribution in [3.05, 3.63) is 60.2 Å². The number of amides is 1. The van der Waals surface area contributed by atoms with Crippen LogP contribution in [0.25, 0.3) is 0 Å². The molecule has 14 heteroatoms. The van der Waals surface area contributed by atoms with E-state index < -0.39 is 68.8 Å². The third-order valence-electron chi connectivity index (χ3n) is 6.23. The van der Waals surface area contributed by atoms with E-state index in [-0.39, 0.29) is 12.4 Å². The lowest BCUT2D eigenvalue weighted by Crippen LogP contribution is -2.64. The molecule has 5 N–H and O–H groups in total. The van der Waals surface area contributed by atoms with E-state index in [4.69, 9.17) is 23.3 Å². The van der Waals surface area contributed by atoms with E-state index in [1.807, 2.05) is 6.07 Å². The predicted octanol–water partition coefficient (Wildman–Crippen LogP) is 1.50. The van der Waals surface area contributed by atoms with Crippen molar-refractivity contribution in [3.8, 4) is 11.5 Å². The SMILES string of the molecule is COc1ccc(OP(=O)(NC(C(=O)OCc2ccccc2)C(C)C)O[C@H]2[C@H](O)[C@@H](CO)O[C@H](O)[C@@H]2NC(C)=O)cc1. The summed E-state index contributed by atoms with van der Waals surface area (Å²) in [6, 6.07) is 12.3. The van der Waals surface area contributed by atoms with E-state index in [0.717, 1.165) is 12.5 Å². The second-order valence-electron chi connectivity index (χ2n) is 9.74. The van der Waals surface area contributed by atoms with Crippen LogP contribution < -0.4 is 19.7 Å². The Hall–Kier alpha value is -3.03. The minimum absolute atomic E-state index is 0.0390. The van der Waals surface area contributed by atoms with E-state index in [2.05, 4.69) is 10.4 Å². The normalized spacial score (nSPS) is 24.6. The highest BCUT2D eigenvalue weighted by atomic mass is 31.2. The molecule has 3 rings (SSSR count). The molecular weight excluding hydrogens is 559 g/mol. The number of esters is 1. The number of carbonyl (C=O) groups is 2. The monoisotopic (exact) mass is 596 g/mol. The highest BCUT2D eigenvalue weighted by Gasteiger charge is 2.50. The zero-order valence-electron chi connectivity index (χ0n) is 23.2. The van der Waals surface area contributed by atoms with Crippen LogP contribution in [0.1, 0.15) is 26.3 Å². The molecule has 2 aromatic rings. The highest BCUT2D eigenvalue weighted by molar-refractivity contribution is 7.52. The van der Waals surface area contributed by atoms with Crippen molar-refractivity contribution in [1.82, 2.24) is 10.4 Å². The van der Waals surface area contributed by atoms with Crippen molar-refractivity contribution < 1.29 is 52.7 Å². The van der Waals surface area contributed by atoms with Crippen molar-refractivity contribution >= 4 is 19.6 Å². The van der Waals surface area contributed by atoms with Gasteiger partial charge in [0.05, 0.1) is 13.7 Å². The number of aliphatic hydroxyl groups is 3. The first-order chi connectivity index (χ1) is 19.5. The first kappa shape index (κ1) is 32.5. The fourth-order valence-corrected chi connectivity index (χ4v) is 5.95. The van der Waals surface area contributed by atoms with E-state index in [9.17, 15) is 29.5 Å². The molecule has 7 atom stereocenters. The van der Waals surface area contributed by atoms with Gasteiger partial charge in [-0.1, -0.05) is 44.2 Å². The molecular formula is C27H37N2O11P. The maximum absolute atomic E-state index is 14.4. The number of hydrogen-bond donors (Lipinski definition) is 5. The van der Waals surface area contributed by atoms with Gasteiger partial charge in [-0.15, -0.1) is 0 Å². The van der Waals surface area contributed by atoms with Gasteiger partial charge in [0, 0.05) is 6.92 Å². The number of nitrogens with one attached hydrogen (secondary N) is 2. The summed E-state index contributed by atoms with van der Waals surface area (Å²) in [5, 5.41) is 36.1. The van der Waals surface area contributed by atoms with Gasteiger partial charge in [-0.25, -0.2) is 4.57 Å². The van der Waals surface area contributed by atoms with Gasteiger partial charge in [0.2, 0.25) is 5.91 Å². The van der Waals surface area contributed by atoms with Crippen LogP contribution >= 0.6 is 7.75 Å². The Morgan fingerprint density at radius 1 is 1.05 bits per heavy atom. The third-order valence-corrected chi connectivity index (χ3v) is 7.80. The molecule has 2 aromatic carbocycles. The Kier molecular flexibility index (Phi) is 11.7. The van der Waals surface area contributed by atoms with Crippen LogP contribution in [-0.2, 0) is 34.8 Å². The van der Waals surface area contributed by atoms with Crippen molar-refractivity contribution in [1.29, 1.82) is 0 Å². The maximum Gasteiger partial charge on any atom is 0.459 e. The Balaban J connectivity index is 1.94. The van der Waals surface area contributed by atoms with Crippen LogP contribution in [0.3, 0.4) is 0 Å². The Bertz CT molecular complexity index is 1180. The number of rotatable bonds is 13. The van der Waals surface area contributed by atoms with Crippen molar-refractivity contribution in [2.75, 3.05) is 13.7 Å². The summed E-state index contributed by atoms with van der Waals surface area (Å²) >= 11 is 0. The third kappa shape index (κ3) is 8.98. The van der Waals surface area contributed by atoms with Crippen LogP contribution in [-0.4, -0.2) is 77.6 Å². The summed E-state index contributed by atoms with van der Waals surface area (Å²) in [6.07, 6.45) is -6.36. The molecule has 0 aromatic heterocycles. The van der Waals surface area contributed by atoms with Crippen molar-refractivity contribution in [2.24, 2.45) is 5.92 Å². The number of aliphatic hydroxyl groups excluding tert-OH is 3. The molecule has 226 valence electrons. The predicted molar refractivity (Wildman–Crippen MR) is 146 cm³/mol. The molecule has 13 nitrogen and oxygen atoms in total. The lowest BCUT2D eigenvalue weighted by Gasteiger charge is -2.43. The van der Waals surface area contributed by atoms with Gasteiger partial charge in [-0.3, -0.25) is 14.1 Å². The average Bonchev–Trinajstić information content (AvgIpc) is 2.95. The minimum Gasteiger partial charge on any atom is -0.497 e. The van der Waals surface area contributed by atoms with Crippen LogP contribution in [0.5, 0.6) is 11.5 Å². The first-order valence-electron chi connectivity index (χ1n) is 13.0. The number of benzene rings is 2. The minimum atomic E-state index is -4.63. The number of ether oxygens (including phenoxy) is 3. The second kappa shape index (κ2) is 14.7. The van der Waals surface area contributed by atoms with E-state index in [1.54, 1.807) is 50.2 Å². The van der Waals surface area contributed by atoms with Gasteiger partial charge in [0.1, 0.15) is 48.5 Å². The zero-order chi connectivity index (χ0) is 30.2. The lowest BCUT2D eigenvalue weighted by molar-refractivity contribution is -0.250. The lowest BCUT2D eigenvalue weighted by atomic mass is 9.97. The van der Waals surface area contributed by atoms with Gasteiger partial charge in [-0.2, -0.15) is 5.09 Å². The molecule has 1 amide bonds. The summed E-state index contributed by atoms with van der Waals surface area (Å²) in [5.41, 5.74) is 0.741. The zero-order valence-corrected chi connectivity index (χ0v) is 24.1. The van der Waals surface area contributed by atoms with E-state index in [1.165, 1.54) is 19.2 Å². The van der Waals surface area contributed by atoms with Gasteiger partial charge in [0.15, 0.2) is 6.29 Å². The highest BCUT2D eigenvalue weighted by Crippen LogP contribution is 2.48. The number of methoxy groups -OCH3 is 1. The molecule has 0 radical (unpaired) electrons. The van der Waals surface area contributed by atoms with Gasteiger partial charge in [0.25, 0.3) is 0 Å². The van der Waals surface area contributed by atoms with E-state index >= 15 is 0 Å². The van der Waals surface area contributed by atoms with Gasteiger partial charge in [-0.05, 0) is 35.7 Å². The Labute approximate surface area is 238 Å². The molecule has 1 saturated heterocycles. The molecule has 1 heterocycles. The summed E-state index contributed by atoms with van der Waals surface area (Å²) < 4.78 is 41.8. The molecule has 0 saturated carbocycles. The molecule has 41 heavy (non-hydrogen) atoms. The molecule has 0 bridgehead atoms. The molecule has 1 aliphatic heterocycles. The first-order valence-corrected chi connectivity index (χ1v) is 14.5. The van der Waals surface area contributed by atoms with Gasteiger partial charge < -0.3 is 39.4 Å². The topological polar surface area (TPSA) is 182 Å². The standard InChI is InChI=1S/C27H37N2O11P/c1-16(2)22(26(33)37-15-18-8-6-5-7-9-18)29-41(35,39-20-12-10-19(36-4)11-13-20)40-25-23(28-17(3)31)27(34)38-21(14-30)24(25)32/h5-13,16,21-25,27,30,32,34H,14-15H2,1-4H3,(H,28,31)(H,29,35)/t21-,22?,23-,24-,25-,27+,41?/m1/s1. The molecule has 2 unspecified atom stereocenters. The number of carbonyl (C=O) groups excluding carboxylic acids is 2. The molecule has 1 aliphatic rings. The van der Waals surface area contributed by atoms with Crippen LogP contribution in [0.2, 0.25) is 0 Å². The van der Waals surface area contributed by atoms with Crippen LogP contribution in [0.4, 0.5) is 0 Å². The largest absolute Gasteiger partial charge is 0.497 e. The van der Waals surface area contributed by atoms with Crippen molar-refractivity contribution in [3.63, 3.8) is 0 Å². The van der Waals surface area contributed by atoms with Crippen LogP contribution in [0, 0.1) is 5.92 Å². The summed E-state index contributed by atoms with van der Waals surface area (Å²) in [5.74, 6) is -1.28. The molecule has 0 spiro atoms. The molecule has 1 fully saturated rings. The fourth-order valence-electron chi connectivity index (χ4n) is 4.07. The van der Waals surface area contributed by atoms with Crippen molar-refractivity contribution in [2.45, 2.75) is 64.1 Å². The Morgan fingerprint density at radius 3 is 2.24 bits per heavy atom. The van der Waals surface area contributed by atoms with E-state index in [0.29, 0.717) is 5.75 Å². The summed E-state index contributed by atoms with van der Waals surface area (Å²) in [6.45, 7) is 3.78. The maximum atomic E-state index is 14.4. The average molecular weight is 597 g/mol. The smallest absolute Gasteiger partial charge is 0.459 e. The molecule has 0 aliphatic carbocycles. The number of hydrogen-bond acceptors (Lipinski definition) is 11. The Morgan fingerprint density at radius 2 is 1.68 bits per heavy atom. The quantitative estimate of drug-likeness (QED) is 0.166. The second-order valence-corrected chi connectivity index (χ2v) is 11.4. The van der Waals surface area contributed by atoms with Gasteiger partial charge >= 0.3 is 13.7 Å². The summed E-state index contributed by atoms with van der Waals surface area (Å²) in [7, 11) is -3.16. The summed E-state index contributed by atoms with van der Waals surface area (Å²) in [4.78, 5) is 25.0. The van der Waals surface area contributed by atoms with Crippen LogP contribution in [0.15, 0.2) is 54.6 Å². The fraction of sp³-hybridized carbons (Fsp3) is 0.481.